The number of benzene rings is 2. The van der Waals surface area contributed by atoms with Crippen molar-refractivity contribution in [2.45, 2.75) is 12.7 Å². The molecule has 22 heavy (non-hydrogen) atoms. The number of nitrogens with one attached hydrogen (secondary N) is 1. The van der Waals surface area contributed by atoms with Gasteiger partial charge in [-0.2, -0.15) is 5.10 Å². The zero-order valence-electron chi connectivity index (χ0n) is 12.3. The number of carbonyl (C=O) groups is 1. The van der Waals surface area contributed by atoms with E-state index in [1.165, 1.54) is 29.5 Å². The molecule has 2 aromatic rings. The minimum atomic E-state index is -0.297. The number of nitrogens with zero attached hydrogens (tertiary/aromatic N) is 1. The van der Waals surface area contributed by atoms with Gasteiger partial charge in [0.15, 0.2) is 0 Å². The van der Waals surface area contributed by atoms with E-state index in [1.54, 1.807) is 23.9 Å². The van der Waals surface area contributed by atoms with Crippen LogP contribution in [0.1, 0.15) is 16.7 Å². The fourth-order valence-electron chi connectivity index (χ4n) is 1.79. The molecule has 0 saturated carbocycles. The third-order valence-corrected chi connectivity index (χ3v) is 4.01. The Balaban J connectivity index is 1.72. The lowest BCUT2D eigenvalue weighted by Crippen LogP contribution is -2.19. The van der Waals surface area contributed by atoms with Crippen LogP contribution in [0.3, 0.4) is 0 Å². The molecule has 0 saturated heterocycles. The first-order chi connectivity index (χ1) is 10.6. The number of halogens is 1. The Morgan fingerprint density at radius 3 is 2.68 bits per heavy atom. The van der Waals surface area contributed by atoms with Gasteiger partial charge in [0.25, 0.3) is 0 Å². The topological polar surface area (TPSA) is 41.5 Å². The Kier molecular flexibility index (Phi) is 6.15. The Morgan fingerprint density at radius 1 is 1.23 bits per heavy atom. The lowest BCUT2D eigenvalue weighted by atomic mass is 10.1. The Morgan fingerprint density at radius 2 is 1.95 bits per heavy atom. The highest BCUT2D eigenvalue weighted by atomic mass is 32.2. The van der Waals surface area contributed by atoms with Crippen LogP contribution in [-0.4, -0.2) is 17.9 Å². The summed E-state index contributed by atoms with van der Waals surface area (Å²) in [5.74, 6) is 0.683. The second kappa shape index (κ2) is 8.34. The third-order valence-electron chi connectivity index (χ3n) is 3.02. The zero-order chi connectivity index (χ0) is 15.8. The van der Waals surface area contributed by atoms with Crippen molar-refractivity contribution < 1.29 is 9.18 Å². The number of rotatable bonds is 6. The van der Waals surface area contributed by atoms with E-state index in [0.29, 0.717) is 5.75 Å². The van der Waals surface area contributed by atoms with Crippen LogP contribution >= 0.6 is 11.8 Å². The third kappa shape index (κ3) is 5.33. The van der Waals surface area contributed by atoms with E-state index in [0.717, 1.165) is 11.3 Å². The average Bonchev–Trinajstić information content (AvgIpc) is 2.51. The molecule has 5 heteroatoms. The summed E-state index contributed by atoms with van der Waals surface area (Å²) in [6.45, 7) is 2.06. The number of hydrogen-bond acceptors (Lipinski definition) is 3. The van der Waals surface area contributed by atoms with E-state index in [9.17, 15) is 9.18 Å². The van der Waals surface area contributed by atoms with Crippen LogP contribution in [0.2, 0.25) is 0 Å². The molecule has 0 atom stereocenters. The van der Waals surface area contributed by atoms with Crippen LogP contribution in [0.4, 0.5) is 4.39 Å². The number of carbonyl (C=O) groups excluding carboxylic acids is 1. The van der Waals surface area contributed by atoms with Crippen molar-refractivity contribution in [1.29, 1.82) is 0 Å². The Hall–Kier alpha value is -2.14. The summed E-state index contributed by atoms with van der Waals surface area (Å²) in [5.41, 5.74) is 5.65. The molecule has 3 nitrogen and oxygen atoms in total. The Bertz CT molecular complexity index is 656. The normalized spacial score (nSPS) is 10.8. The summed E-state index contributed by atoms with van der Waals surface area (Å²) in [5, 5.41) is 3.85. The van der Waals surface area contributed by atoms with E-state index < -0.39 is 0 Å². The first-order valence-corrected chi connectivity index (χ1v) is 8.00. The molecule has 0 aliphatic rings. The number of hydrazone groups is 1. The van der Waals surface area contributed by atoms with Crippen LogP contribution in [0.25, 0.3) is 0 Å². The molecule has 2 aromatic carbocycles. The lowest BCUT2D eigenvalue weighted by molar-refractivity contribution is -0.118. The number of thioether (sulfide) groups is 1. The van der Waals surface area contributed by atoms with Gasteiger partial charge < -0.3 is 0 Å². The molecule has 0 aliphatic carbocycles. The fraction of sp³-hybridized carbons (Fsp3) is 0.176. The predicted octanol–water partition coefficient (Wildman–Crippen LogP) is 3.52. The highest BCUT2D eigenvalue weighted by molar-refractivity contribution is 7.99. The standard InChI is InChI=1S/C17H17FN2OS/c1-13-4-2-3-5-15(13)11-22-12-17(21)20-19-10-14-6-8-16(18)9-7-14/h2-10H,11-12H2,1H3,(H,20,21). The van der Waals surface area contributed by atoms with Gasteiger partial charge >= 0.3 is 0 Å². The van der Waals surface area contributed by atoms with Crippen LogP contribution in [0.15, 0.2) is 53.6 Å². The molecule has 0 radical (unpaired) electrons. The number of aryl methyl sites for hydroxylation is 1. The van der Waals surface area contributed by atoms with Crippen molar-refractivity contribution in [2.75, 3.05) is 5.75 Å². The first-order valence-electron chi connectivity index (χ1n) is 6.85. The van der Waals surface area contributed by atoms with Gasteiger partial charge in [0.2, 0.25) is 5.91 Å². The predicted molar refractivity (Wildman–Crippen MR) is 89.5 cm³/mol. The summed E-state index contributed by atoms with van der Waals surface area (Å²) in [6, 6.07) is 14.0. The van der Waals surface area contributed by atoms with Crippen LogP contribution in [-0.2, 0) is 10.5 Å². The summed E-state index contributed by atoms with van der Waals surface area (Å²) in [7, 11) is 0. The summed E-state index contributed by atoms with van der Waals surface area (Å²) in [4.78, 5) is 11.7. The molecule has 1 N–H and O–H groups in total. The van der Waals surface area contributed by atoms with Crippen molar-refractivity contribution in [2.24, 2.45) is 5.10 Å². The van der Waals surface area contributed by atoms with Crippen molar-refractivity contribution in [3.05, 3.63) is 71.0 Å². The second-order valence-corrected chi connectivity index (χ2v) is 5.75. The fourth-order valence-corrected chi connectivity index (χ4v) is 2.68. The second-order valence-electron chi connectivity index (χ2n) is 4.76. The number of hydrogen-bond donors (Lipinski definition) is 1. The van der Waals surface area contributed by atoms with E-state index in [1.807, 2.05) is 12.1 Å². The molecular formula is C17H17FN2OS. The van der Waals surface area contributed by atoms with E-state index in [-0.39, 0.29) is 11.7 Å². The molecule has 1 amide bonds. The van der Waals surface area contributed by atoms with Gasteiger partial charge in [0, 0.05) is 5.75 Å². The summed E-state index contributed by atoms with van der Waals surface area (Å²) in [6.07, 6.45) is 1.49. The molecule has 0 spiro atoms. The summed E-state index contributed by atoms with van der Waals surface area (Å²) < 4.78 is 12.7. The maximum atomic E-state index is 12.7. The van der Waals surface area contributed by atoms with Crippen LogP contribution < -0.4 is 5.43 Å². The largest absolute Gasteiger partial charge is 0.272 e. The zero-order valence-corrected chi connectivity index (χ0v) is 13.1. The van der Waals surface area contributed by atoms with Gasteiger partial charge in [0.1, 0.15) is 5.82 Å². The molecule has 0 bridgehead atoms. The molecule has 0 fully saturated rings. The molecule has 114 valence electrons. The molecule has 0 aliphatic heterocycles. The first kappa shape index (κ1) is 16.2. The highest BCUT2D eigenvalue weighted by Gasteiger charge is 2.02. The van der Waals surface area contributed by atoms with Gasteiger partial charge in [-0.15, -0.1) is 11.8 Å². The minimum absolute atomic E-state index is 0.156. The van der Waals surface area contributed by atoms with Crippen LogP contribution in [0.5, 0.6) is 0 Å². The monoisotopic (exact) mass is 316 g/mol. The van der Waals surface area contributed by atoms with Gasteiger partial charge in [-0.1, -0.05) is 36.4 Å². The van der Waals surface area contributed by atoms with Crippen LogP contribution in [0, 0.1) is 12.7 Å². The highest BCUT2D eigenvalue weighted by Crippen LogP contribution is 2.15. The van der Waals surface area contributed by atoms with Gasteiger partial charge in [-0.05, 0) is 35.7 Å². The van der Waals surface area contributed by atoms with Crippen molar-refractivity contribution in [3.63, 3.8) is 0 Å². The SMILES string of the molecule is Cc1ccccc1CSCC(=O)NN=Cc1ccc(F)cc1. The van der Waals surface area contributed by atoms with Crippen molar-refractivity contribution >= 4 is 23.9 Å². The Labute approximate surface area is 133 Å². The molecule has 0 aromatic heterocycles. The lowest BCUT2D eigenvalue weighted by Gasteiger charge is -2.04. The van der Waals surface area contributed by atoms with Crippen molar-refractivity contribution in [3.8, 4) is 0 Å². The minimum Gasteiger partial charge on any atom is -0.272 e. The van der Waals surface area contributed by atoms with Crippen molar-refractivity contribution in [1.82, 2.24) is 5.43 Å². The summed E-state index contributed by atoms with van der Waals surface area (Å²) >= 11 is 1.54. The number of amides is 1. The maximum absolute atomic E-state index is 12.7. The van der Waals surface area contributed by atoms with E-state index in [4.69, 9.17) is 0 Å². The molecule has 0 heterocycles. The molecule has 2 rings (SSSR count). The molecule has 0 unspecified atom stereocenters. The molecular weight excluding hydrogens is 299 g/mol. The van der Waals surface area contributed by atoms with E-state index >= 15 is 0 Å². The van der Waals surface area contributed by atoms with Gasteiger partial charge in [-0.25, -0.2) is 9.82 Å². The smallest absolute Gasteiger partial charge is 0.250 e. The van der Waals surface area contributed by atoms with Gasteiger partial charge in [0.05, 0.1) is 12.0 Å². The average molecular weight is 316 g/mol. The van der Waals surface area contributed by atoms with E-state index in [2.05, 4.69) is 29.6 Å². The quantitative estimate of drug-likeness (QED) is 0.654. The maximum Gasteiger partial charge on any atom is 0.250 e. The van der Waals surface area contributed by atoms with Gasteiger partial charge in [-0.3, -0.25) is 4.79 Å².